The number of rotatable bonds is 3. The second-order valence-corrected chi connectivity index (χ2v) is 5.46. The molecule has 2 atom stereocenters. The van der Waals surface area contributed by atoms with E-state index in [-0.39, 0.29) is 0 Å². The molecule has 0 aromatic rings. The molecule has 0 bridgehead atoms. The van der Waals surface area contributed by atoms with Crippen LogP contribution in [0.1, 0.15) is 39.5 Å². The van der Waals surface area contributed by atoms with Crippen LogP contribution < -0.4 is 0 Å². The summed E-state index contributed by atoms with van der Waals surface area (Å²) >= 11 is 0. The highest BCUT2D eigenvalue weighted by Gasteiger charge is 2.28. The van der Waals surface area contributed by atoms with Gasteiger partial charge in [0, 0.05) is 19.1 Å². The molecule has 2 heterocycles. The maximum Gasteiger partial charge on any atom is 0.0223 e. The zero-order chi connectivity index (χ0) is 10.7. The van der Waals surface area contributed by atoms with Crippen molar-refractivity contribution in [3.05, 3.63) is 0 Å². The summed E-state index contributed by atoms with van der Waals surface area (Å²) in [5, 5.41) is 0. The van der Waals surface area contributed by atoms with E-state index in [2.05, 4.69) is 23.6 Å². The molecule has 0 saturated carbocycles. The first-order chi connectivity index (χ1) is 7.29. The van der Waals surface area contributed by atoms with Gasteiger partial charge in [0.15, 0.2) is 0 Å². The molecule has 15 heavy (non-hydrogen) atoms. The second kappa shape index (κ2) is 5.31. The fraction of sp³-hybridized carbons (Fsp3) is 1.00. The van der Waals surface area contributed by atoms with Crippen molar-refractivity contribution in [2.45, 2.75) is 45.6 Å². The summed E-state index contributed by atoms with van der Waals surface area (Å²) in [6.07, 6.45) is 5.58. The first-order valence-electron chi connectivity index (χ1n) is 6.76. The van der Waals surface area contributed by atoms with Crippen LogP contribution in [0.5, 0.6) is 0 Å². The third-order valence-corrected chi connectivity index (χ3v) is 4.15. The van der Waals surface area contributed by atoms with Gasteiger partial charge in [0.25, 0.3) is 0 Å². The Morgan fingerprint density at radius 1 is 1.20 bits per heavy atom. The van der Waals surface area contributed by atoms with Gasteiger partial charge in [0.1, 0.15) is 0 Å². The van der Waals surface area contributed by atoms with Gasteiger partial charge in [-0.15, -0.1) is 0 Å². The molecular weight excluding hydrogens is 184 g/mol. The Kier molecular flexibility index (Phi) is 4.04. The van der Waals surface area contributed by atoms with Crippen molar-refractivity contribution >= 4 is 0 Å². The number of hydrogen-bond donors (Lipinski definition) is 0. The summed E-state index contributed by atoms with van der Waals surface area (Å²) < 4.78 is 0. The highest BCUT2D eigenvalue weighted by Crippen LogP contribution is 2.21. The molecule has 0 radical (unpaired) electrons. The molecule has 2 heteroatoms. The monoisotopic (exact) mass is 210 g/mol. The van der Waals surface area contributed by atoms with Crippen LogP contribution >= 0.6 is 0 Å². The average Bonchev–Trinajstić information content (AvgIpc) is 2.58. The van der Waals surface area contributed by atoms with Gasteiger partial charge in [-0.05, 0) is 44.8 Å². The number of nitrogens with zero attached hydrogens (tertiary/aromatic N) is 2. The molecule has 2 aliphatic rings. The predicted octanol–water partition coefficient (Wildman–Crippen LogP) is 2.20. The lowest BCUT2D eigenvalue weighted by Crippen LogP contribution is -2.38. The Hall–Kier alpha value is -0.0800. The second-order valence-electron chi connectivity index (χ2n) is 5.46. The van der Waals surface area contributed by atoms with E-state index < -0.39 is 0 Å². The van der Waals surface area contributed by atoms with Crippen LogP contribution in [-0.4, -0.2) is 48.6 Å². The van der Waals surface area contributed by atoms with E-state index in [4.69, 9.17) is 0 Å². The van der Waals surface area contributed by atoms with Gasteiger partial charge in [0.2, 0.25) is 0 Å². The van der Waals surface area contributed by atoms with E-state index in [0.717, 1.165) is 12.0 Å². The molecule has 0 spiro atoms. The minimum Gasteiger partial charge on any atom is -0.301 e. The fourth-order valence-electron chi connectivity index (χ4n) is 3.02. The standard InChI is InChI=1S/C13H26N2/c1-3-12(2)10-14-7-5-9-15-8-4-6-13(15)11-14/h12-13H,3-11H2,1-2H3. The summed E-state index contributed by atoms with van der Waals surface area (Å²) in [7, 11) is 0. The van der Waals surface area contributed by atoms with E-state index in [1.807, 2.05) is 0 Å². The first-order valence-corrected chi connectivity index (χ1v) is 6.76. The molecule has 2 fully saturated rings. The topological polar surface area (TPSA) is 6.48 Å². The van der Waals surface area contributed by atoms with Gasteiger partial charge in [-0.1, -0.05) is 20.3 Å². The normalized spacial score (nSPS) is 31.2. The summed E-state index contributed by atoms with van der Waals surface area (Å²) in [6, 6.07) is 0.886. The Labute approximate surface area is 94.6 Å². The third-order valence-electron chi connectivity index (χ3n) is 4.15. The van der Waals surface area contributed by atoms with Crippen LogP contribution in [-0.2, 0) is 0 Å². The van der Waals surface area contributed by atoms with E-state index in [1.165, 1.54) is 58.4 Å². The van der Waals surface area contributed by atoms with Crippen LogP contribution in [0.2, 0.25) is 0 Å². The Morgan fingerprint density at radius 2 is 2.00 bits per heavy atom. The molecule has 2 unspecified atom stereocenters. The summed E-state index contributed by atoms with van der Waals surface area (Å²) in [4.78, 5) is 5.43. The van der Waals surface area contributed by atoms with Gasteiger partial charge in [-0.3, -0.25) is 4.90 Å². The Morgan fingerprint density at radius 3 is 2.80 bits per heavy atom. The van der Waals surface area contributed by atoms with E-state index in [0.29, 0.717) is 0 Å². The molecule has 2 saturated heterocycles. The smallest absolute Gasteiger partial charge is 0.0223 e. The zero-order valence-corrected chi connectivity index (χ0v) is 10.4. The quantitative estimate of drug-likeness (QED) is 0.704. The molecule has 0 aromatic carbocycles. The molecule has 2 nitrogen and oxygen atoms in total. The minimum absolute atomic E-state index is 0.873. The summed E-state index contributed by atoms with van der Waals surface area (Å²) in [6.45, 7) is 11.4. The maximum atomic E-state index is 2.72. The van der Waals surface area contributed by atoms with Gasteiger partial charge >= 0.3 is 0 Å². The molecule has 2 aliphatic heterocycles. The van der Waals surface area contributed by atoms with Crippen LogP contribution in [0.3, 0.4) is 0 Å². The fourth-order valence-corrected chi connectivity index (χ4v) is 3.02. The summed E-state index contributed by atoms with van der Waals surface area (Å²) in [5.41, 5.74) is 0. The molecule has 88 valence electrons. The van der Waals surface area contributed by atoms with Crippen LogP contribution in [0, 0.1) is 5.92 Å². The highest BCUT2D eigenvalue weighted by molar-refractivity contribution is 4.85. The molecule has 0 aliphatic carbocycles. The van der Waals surface area contributed by atoms with Crippen molar-refractivity contribution in [3.8, 4) is 0 Å². The predicted molar refractivity (Wildman–Crippen MR) is 65.1 cm³/mol. The van der Waals surface area contributed by atoms with Crippen molar-refractivity contribution in [2.24, 2.45) is 5.92 Å². The third kappa shape index (κ3) is 2.94. The van der Waals surface area contributed by atoms with Gasteiger partial charge in [-0.2, -0.15) is 0 Å². The molecular formula is C13H26N2. The number of hydrogen-bond acceptors (Lipinski definition) is 2. The van der Waals surface area contributed by atoms with Gasteiger partial charge in [-0.25, -0.2) is 0 Å². The molecule has 0 amide bonds. The largest absolute Gasteiger partial charge is 0.301 e. The first kappa shape index (κ1) is 11.4. The van der Waals surface area contributed by atoms with E-state index in [1.54, 1.807) is 0 Å². The minimum atomic E-state index is 0.873. The van der Waals surface area contributed by atoms with E-state index in [9.17, 15) is 0 Å². The maximum absolute atomic E-state index is 2.72. The lowest BCUT2D eigenvalue weighted by Gasteiger charge is -2.27. The van der Waals surface area contributed by atoms with Gasteiger partial charge < -0.3 is 4.90 Å². The average molecular weight is 210 g/mol. The van der Waals surface area contributed by atoms with Crippen LogP contribution in [0.15, 0.2) is 0 Å². The van der Waals surface area contributed by atoms with Crippen molar-refractivity contribution in [2.75, 3.05) is 32.7 Å². The molecule has 2 rings (SSSR count). The van der Waals surface area contributed by atoms with Crippen molar-refractivity contribution in [1.29, 1.82) is 0 Å². The lowest BCUT2D eigenvalue weighted by molar-refractivity contribution is 0.201. The SMILES string of the molecule is CCC(C)CN1CCCN2CCCC2C1. The van der Waals surface area contributed by atoms with Crippen LogP contribution in [0.25, 0.3) is 0 Å². The van der Waals surface area contributed by atoms with Crippen molar-refractivity contribution < 1.29 is 0 Å². The molecule has 0 N–H and O–H groups in total. The van der Waals surface area contributed by atoms with Gasteiger partial charge in [0.05, 0.1) is 0 Å². The van der Waals surface area contributed by atoms with Crippen molar-refractivity contribution in [1.82, 2.24) is 9.80 Å². The number of fused-ring (bicyclic) bond motifs is 1. The van der Waals surface area contributed by atoms with Crippen molar-refractivity contribution in [3.63, 3.8) is 0 Å². The Bertz CT molecular complexity index is 193. The summed E-state index contributed by atoms with van der Waals surface area (Å²) in [5.74, 6) is 0.873. The molecule has 0 aromatic heterocycles. The lowest BCUT2D eigenvalue weighted by atomic mass is 10.1. The van der Waals surface area contributed by atoms with Crippen LogP contribution in [0.4, 0.5) is 0 Å². The zero-order valence-electron chi connectivity index (χ0n) is 10.4. The van der Waals surface area contributed by atoms with E-state index >= 15 is 0 Å². The highest BCUT2D eigenvalue weighted by atomic mass is 15.3. The Balaban J connectivity index is 1.85.